The molecule has 1 fully saturated rings. The van der Waals surface area contributed by atoms with Crippen LogP contribution in [0.3, 0.4) is 0 Å². The number of hydrogen-bond donors (Lipinski definition) is 3. The Morgan fingerprint density at radius 3 is 2.42 bits per heavy atom. The van der Waals surface area contributed by atoms with E-state index in [9.17, 15) is 14.4 Å². The van der Waals surface area contributed by atoms with Crippen molar-refractivity contribution in [3.63, 3.8) is 0 Å². The SMILES string of the molecule is CCN(CC(=O)O)C1CCN(CC(=O)NC(=O)Nc2ccccc2)CC1. The number of para-hydroxylation sites is 1. The number of amides is 3. The molecule has 0 radical (unpaired) electrons. The molecule has 0 saturated carbocycles. The molecule has 1 aliphatic heterocycles. The second-order valence-corrected chi connectivity index (χ2v) is 6.33. The van der Waals surface area contributed by atoms with E-state index >= 15 is 0 Å². The van der Waals surface area contributed by atoms with E-state index in [1.165, 1.54) is 0 Å². The molecule has 1 aromatic carbocycles. The van der Waals surface area contributed by atoms with Gasteiger partial charge in [0.25, 0.3) is 0 Å². The summed E-state index contributed by atoms with van der Waals surface area (Å²) in [5.74, 6) is -1.17. The summed E-state index contributed by atoms with van der Waals surface area (Å²) in [6.07, 6.45) is 1.62. The molecule has 2 rings (SSSR count). The van der Waals surface area contributed by atoms with Gasteiger partial charge in [0.05, 0.1) is 13.1 Å². The van der Waals surface area contributed by atoms with Crippen LogP contribution in [-0.4, -0.2) is 71.6 Å². The van der Waals surface area contributed by atoms with Gasteiger partial charge in [0.2, 0.25) is 5.91 Å². The Kier molecular flexibility index (Phi) is 7.55. The summed E-state index contributed by atoms with van der Waals surface area (Å²) in [5, 5.41) is 13.9. The first kappa shape index (κ1) is 19.9. The van der Waals surface area contributed by atoms with Crippen molar-refractivity contribution in [1.29, 1.82) is 0 Å². The van der Waals surface area contributed by atoms with E-state index in [0.717, 1.165) is 12.8 Å². The lowest BCUT2D eigenvalue weighted by atomic mass is 10.0. The molecule has 1 saturated heterocycles. The highest BCUT2D eigenvalue weighted by molar-refractivity contribution is 6.01. The molecule has 3 amide bonds. The minimum Gasteiger partial charge on any atom is -0.480 e. The smallest absolute Gasteiger partial charge is 0.325 e. The summed E-state index contributed by atoms with van der Waals surface area (Å²) in [6.45, 7) is 4.25. The number of likely N-dealkylation sites (N-methyl/N-ethyl adjacent to an activating group) is 1. The lowest BCUT2D eigenvalue weighted by Crippen LogP contribution is -2.49. The largest absolute Gasteiger partial charge is 0.480 e. The number of carboxylic acids is 1. The minimum absolute atomic E-state index is 0.0430. The van der Waals surface area contributed by atoms with Gasteiger partial charge < -0.3 is 10.4 Å². The first-order valence-corrected chi connectivity index (χ1v) is 8.82. The number of anilines is 1. The molecule has 1 heterocycles. The molecule has 8 heteroatoms. The van der Waals surface area contributed by atoms with E-state index in [1.54, 1.807) is 24.3 Å². The molecule has 0 bridgehead atoms. The average Bonchev–Trinajstić information content (AvgIpc) is 2.61. The average molecular weight is 362 g/mol. The third-order valence-corrected chi connectivity index (χ3v) is 4.47. The first-order valence-electron chi connectivity index (χ1n) is 8.82. The normalized spacial score (nSPS) is 15.6. The number of carbonyl (C=O) groups is 3. The Morgan fingerprint density at radius 1 is 1.19 bits per heavy atom. The van der Waals surface area contributed by atoms with Crippen molar-refractivity contribution in [1.82, 2.24) is 15.1 Å². The third-order valence-electron chi connectivity index (χ3n) is 4.47. The summed E-state index contributed by atoms with van der Waals surface area (Å²) in [6, 6.07) is 8.59. The zero-order valence-electron chi connectivity index (χ0n) is 15.0. The molecule has 142 valence electrons. The molecule has 0 aliphatic carbocycles. The molecule has 0 atom stereocenters. The van der Waals surface area contributed by atoms with Crippen molar-refractivity contribution < 1.29 is 19.5 Å². The molecular weight excluding hydrogens is 336 g/mol. The zero-order chi connectivity index (χ0) is 18.9. The summed E-state index contributed by atoms with van der Waals surface area (Å²) in [5.41, 5.74) is 0.622. The predicted octanol–water partition coefficient (Wildman–Crippen LogP) is 1.21. The number of carbonyl (C=O) groups excluding carboxylic acids is 2. The zero-order valence-corrected chi connectivity index (χ0v) is 15.0. The van der Waals surface area contributed by atoms with Gasteiger partial charge in [-0.1, -0.05) is 25.1 Å². The number of urea groups is 1. The molecule has 1 aliphatic rings. The minimum atomic E-state index is -0.821. The van der Waals surface area contributed by atoms with Crippen molar-refractivity contribution in [3.8, 4) is 0 Å². The molecule has 0 unspecified atom stereocenters. The summed E-state index contributed by atoms with van der Waals surface area (Å²) >= 11 is 0. The standard InChI is InChI=1S/C18H26N4O4/c1-2-22(13-17(24)25)15-8-10-21(11-9-15)12-16(23)20-18(26)19-14-6-4-3-5-7-14/h3-7,15H,2,8-13H2,1H3,(H,24,25)(H2,19,20,23,26). The van der Waals surface area contributed by atoms with Crippen LogP contribution < -0.4 is 10.6 Å². The predicted molar refractivity (Wildman–Crippen MR) is 97.9 cm³/mol. The second kappa shape index (κ2) is 9.88. The van der Waals surface area contributed by atoms with E-state index in [0.29, 0.717) is 25.3 Å². The number of nitrogens with one attached hydrogen (secondary N) is 2. The Bertz CT molecular complexity index is 615. The fraction of sp³-hybridized carbons (Fsp3) is 0.500. The van der Waals surface area contributed by atoms with Gasteiger partial charge in [-0.05, 0) is 31.5 Å². The number of benzene rings is 1. The molecule has 26 heavy (non-hydrogen) atoms. The lowest BCUT2D eigenvalue weighted by molar-refractivity contribution is -0.139. The molecular formula is C18H26N4O4. The van der Waals surface area contributed by atoms with Crippen molar-refractivity contribution >= 4 is 23.6 Å². The molecule has 0 spiro atoms. The van der Waals surface area contributed by atoms with Crippen LogP contribution >= 0.6 is 0 Å². The van der Waals surface area contributed by atoms with Crippen molar-refractivity contribution in [2.75, 3.05) is 38.0 Å². The summed E-state index contributed by atoms with van der Waals surface area (Å²) in [4.78, 5) is 38.7. The summed E-state index contributed by atoms with van der Waals surface area (Å²) in [7, 11) is 0. The van der Waals surface area contributed by atoms with E-state index in [-0.39, 0.29) is 25.0 Å². The van der Waals surface area contributed by atoms with E-state index in [2.05, 4.69) is 10.6 Å². The molecule has 3 N–H and O–H groups in total. The number of hydrogen-bond acceptors (Lipinski definition) is 5. The van der Waals surface area contributed by atoms with Crippen LogP contribution in [0.2, 0.25) is 0 Å². The number of imide groups is 1. The Morgan fingerprint density at radius 2 is 1.85 bits per heavy atom. The van der Waals surface area contributed by atoms with Crippen LogP contribution in [0.5, 0.6) is 0 Å². The van der Waals surface area contributed by atoms with E-state index in [4.69, 9.17) is 5.11 Å². The number of aliphatic carboxylic acids is 1. The van der Waals surface area contributed by atoms with E-state index in [1.807, 2.05) is 22.8 Å². The van der Waals surface area contributed by atoms with Crippen LogP contribution in [0.15, 0.2) is 30.3 Å². The Balaban J connectivity index is 1.72. The fourth-order valence-corrected chi connectivity index (χ4v) is 3.17. The van der Waals surface area contributed by atoms with Gasteiger partial charge in [0, 0.05) is 24.8 Å². The maximum Gasteiger partial charge on any atom is 0.325 e. The van der Waals surface area contributed by atoms with Gasteiger partial charge in [-0.3, -0.25) is 24.7 Å². The lowest BCUT2D eigenvalue weighted by Gasteiger charge is -2.37. The van der Waals surface area contributed by atoms with Crippen molar-refractivity contribution in [2.45, 2.75) is 25.8 Å². The number of piperidine rings is 1. The van der Waals surface area contributed by atoms with Crippen LogP contribution in [0.4, 0.5) is 10.5 Å². The fourth-order valence-electron chi connectivity index (χ4n) is 3.17. The van der Waals surface area contributed by atoms with Crippen LogP contribution in [0, 0.1) is 0 Å². The van der Waals surface area contributed by atoms with Crippen LogP contribution in [0.25, 0.3) is 0 Å². The maximum atomic E-state index is 12.0. The highest BCUT2D eigenvalue weighted by atomic mass is 16.4. The van der Waals surface area contributed by atoms with Crippen LogP contribution in [0.1, 0.15) is 19.8 Å². The monoisotopic (exact) mass is 362 g/mol. The van der Waals surface area contributed by atoms with Gasteiger partial charge in [-0.2, -0.15) is 0 Å². The highest BCUT2D eigenvalue weighted by Gasteiger charge is 2.26. The summed E-state index contributed by atoms with van der Waals surface area (Å²) < 4.78 is 0. The van der Waals surface area contributed by atoms with Crippen molar-refractivity contribution in [3.05, 3.63) is 30.3 Å². The Hall–Kier alpha value is -2.45. The van der Waals surface area contributed by atoms with Gasteiger partial charge in [-0.25, -0.2) is 4.79 Å². The molecule has 8 nitrogen and oxygen atoms in total. The highest BCUT2D eigenvalue weighted by Crippen LogP contribution is 2.16. The second-order valence-electron chi connectivity index (χ2n) is 6.33. The van der Waals surface area contributed by atoms with E-state index < -0.39 is 12.0 Å². The van der Waals surface area contributed by atoms with Crippen molar-refractivity contribution in [2.24, 2.45) is 0 Å². The van der Waals surface area contributed by atoms with Gasteiger partial charge in [-0.15, -0.1) is 0 Å². The maximum absolute atomic E-state index is 12.0. The Labute approximate surface area is 153 Å². The number of carboxylic acid groups (broad SMARTS) is 1. The number of rotatable bonds is 7. The topological polar surface area (TPSA) is 102 Å². The quantitative estimate of drug-likeness (QED) is 0.674. The van der Waals surface area contributed by atoms with Gasteiger partial charge >= 0.3 is 12.0 Å². The van der Waals surface area contributed by atoms with Gasteiger partial charge in [0.1, 0.15) is 0 Å². The third kappa shape index (κ3) is 6.45. The van der Waals surface area contributed by atoms with Gasteiger partial charge in [0.15, 0.2) is 0 Å². The first-order chi connectivity index (χ1) is 12.5. The molecule has 0 aromatic heterocycles. The number of likely N-dealkylation sites (tertiary alicyclic amines) is 1. The molecule has 1 aromatic rings. The number of nitrogens with zero attached hydrogens (tertiary/aromatic N) is 2. The van der Waals surface area contributed by atoms with Crippen LogP contribution in [-0.2, 0) is 9.59 Å².